The minimum Gasteiger partial charge on any atom is -0.352 e. The summed E-state index contributed by atoms with van der Waals surface area (Å²) in [6, 6.07) is 8.25. The SMILES string of the molecule is CC(C)CC(CN)NC(=O)C1Cc2ccccc21. The van der Waals surface area contributed by atoms with Crippen LogP contribution in [0.1, 0.15) is 37.3 Å². The molecule has 0 saturated heterocycles. The van der Waals surface area contributed by atoms with Crippen LogP contribution in [0.25, 0.3) is 0 Å². The summed E-state index contributed by atoms with van der Waals surface area (Å²) in [4.78, 5) is 12.2. The van der Waals surface area contributed by atoms with Crippen molar-refractivity contribution < 1.29 is 4.79 Å². The fourth-order valence-electron chi connectivity index (χ4n) is 2.58. The largest absolute Gasteiger partial charge is 0.352 e. The first-order valence-electron chi connectivity index (χ1n) is 6.70. The molecule has 2 unspecified atom stereocenters. The highest BCUT2D eigenvalue weighted by Crippen LogP contribution is 2.34. The molecule has 0 radical (unpaired) electrons. The number of carbonyl (C=O) groups is 1. The fourth-order valence-corrected chi connectivity index (χ4v) is 2.58. The van der Waals surface area contributed by atoms with E-state index in [4.69, 9.17) is 5.73 Å². The summed E-state index contributed by atoms with van der Waals surface area (Å²) in [6.45, 7) is 4.80. The van der Waals surface area contributed by atoms with E-state index in [1.54, 1.807) is 0 Å². The molecule has 1 aliphatic rings. The maximum atomic E-state index is 12.2. The molecule has 0 bridgehead atoms. The number of rotatable bonds is 5. The highest BCUT2D eigenvalue weighted by Gasteiger charge is 2.32. The normalized spacial score (nSPS) is 19.0. The average Bonchev–Trinajstić information content (AvgIpc) is 2.29. The second-order valence-electron chi connectivity index (χ2n) is 5.53. The predicted molar refractivity (Wildman–Crippen MR) is 73.3 cm³/mol. The number of hydrogen-bond acceptors (Lipinski definition) is 2. The van der Waals surface area contributed by atoms with Gasteiger partial charge in [-0.2, -0.15) is 0 Å². The Labute approximate surface area is 109 Å². The third kappa shape index (κ3) is 2.72. The standard InChI is InChI=1S/C15H22N2O/c1-10(2)7-12(9-16)17-15(18)14-8-11-5-3-4-6-13(11)14/h3-6,10,12,14H,7-9,16H2,1-2H3,(H,17,18). The second kappa shape index (κ2) is 5.53. The Morgan fingerprint density at radius 3 is 2.78 bits per heavy atom. The van der Waals surface area contributed by atoms with Crippen LogP contribution in [0.3, 0.4) is 0 Å². The number of benzene rings is 1. The molecular formula is C15H22N2O. The summed E-state index contributed by atoms with van der Waals surface area (Å²) in [7, 11) is 0. The minimum absolute atomic E-state index is 0.0300. The van der Waals surface area contributed by atoms with E-state index in [2.05, 4.69) is 25.2 Å². The third-order valence-electron chi connectivity index (χ3n) is 3.56. The van der Waals surface area contributed by atoms with Crippen LogP contribution in [0.15, 0.2) is 24.3 Å². The Morgan fingerprint density at radius 1 is 1.44 bits per heavy atom. The summed E-state index contributed by atoms with van der Waals surface area (Å²) in [5.74, 6) is 0.708. The molecule has 0 saturated carbocycles. The zero-order valence-electron chi connectivity index (χ0n) is 11.1. The Kier molecular flexibility index (Phi) is 4.02. The minimum atomic E-state index is 0.0300. The molecular weight excluding hydrogens is 224 g/mol. The molecule has 18 heavy (non-hydrogen) atoms. The maximum absolute atomic E-state index is 12.2. The Bertz CT molecular complexity index is 428. The maximum Gasteiger partial charge on any atom is 0.228 e. The molecule has 1 aliphatic carbocycles. The fraction of sp³-hybridized carbons (Fsp3) is 0.533. The molecule has 2 rings (SSSR count). The van der Waals surface area contributed by atoms with Gasteiger partial charge in [-0.3, -0.25) is 4.79 Å². The van der Waals surface area contributed by atoms with Gasteiger partial charge in [-0.05, 0) is 29.9 Å². The summed E-state index contributed by atoms with van der Waals surface area (Å²) >= 11 is 0. The van der Waals surface area contributed by atoms with Gasteiger partial charge in [0.05, 0.1) is 5.92 Å². The smallest absolute Gasteiger partial charge is 0.228 e. The van der Waals surface area contributed by atoms with Gasteiger partial charge in [0.2, 0.25) is 5.91 Å². The van der Waals surface area contributed by atoms with Crippen molar-refractivity contribution in [3.8, 4) is 0 Å². The van der Waals surface area contributed by atoms with Gasteiger partial charge in [0.15, 0.2) is 0 Å². The summed E-state index contributed by atoms with van der Waals surface area (Å²) in [5.41, 5.74) is 8.18. The Morgan fingerprint density at radius 2 is 2.17 bits per heavy atom. The topological polar surface area (TPSA) is 55.1 Å². The van der Waals surface area contributed by atoms with Gasteiger partial charge < -0.3 is 11.1 Å². The van der Waals surface area contributed by atoms with E-state index >= 15 is 0 Å². The van der Waals surface area contributed by atoms with E-state index in [0.717, 1.165) is 12.8 Å². The molecule has 1 aromatic rings. The number of nitrogens with one attached hydrogen (secondary N) is 1. The molecule has 0 aliphatic heterocycles. The molecule has 0 heterocycles. The van der Waals surface area contributed by atoms with E-state index in [-0.39, 0.29) is 17.9 Å². The highest BCUT2D eigenvalue weighted by molar-refractivity contribution is 5.87. The van der Waals surface area contributed by atoms with Crippen molar-refractivity contribution in [2.75, 3.05) is 6.54 Å². The van der Waals surface area contributed by atoms with E-state index in [0.29, 0.717) is 12.5 Å². The van der Waals surface area contributed by atoms with Gasteiger partial charge >= 0.3 is 0 Å². The first-order chi connectivity index (χ1) is 8.61. The molecule has 0 aromatic heterocycles. The van der Waals surface area contributed by atoms with E-state index in [1.807, 2.05) is 18.2 Å². The molecule has 1 amide bonds. The number of carbonyl (C=O) groups excluding carboxylic acids is 1. The van der Waals surface area contributed by atoms with Gasteiger partial charge in [-0.25, -0.2) is 0 Å². The molecule has 0 spiro atoms. The lowest BCUT2D eigenvalue weighted by Gasteiger charge is -2.30. The molecule has 0 fully saturated rings. The molecule has 2 atom stereocenters. The second-order valence-corrected chi connectivity index (χ2v) is 5.53. The van der Waals surface area contributed by atoms with Crippen LogP contribution in [0.5, 0.6) is 0 Å². The monoisotopic (exact) mass is 246 g/mol. The number of nitrogens with two attached hydrogens (primary N) is 1. The Balaban J connectivity index is 1.94. The Hall–Kier alpha value is -1.35. The van der Waals surface area contributed by atoms with Crippen molar-refractivity contribution in [2.45, 2.75) is 38.6 Å². The van der Waals surface area contributed by atoms with Crippen molar-refractivity contribution in [3.05, 3.63) is 35.4 Å². The van der Waals surface area contributed by atoms with Crippen molar-refractivity contribution in [3.63, 3.8) is 0 Å². The molecule has 3 N–H and O–H groups in total. The van der Waals surface area contributed by atoms with Crippen molar-refractivity contribution >= 4 is 5.91 Å². The number of amides is 1. The van der Waals surface area contributed by atoms with Crippen LogP contribution < -0.4 is 11.1 Å². The summed E-state index contributed by atoms with van der Waals surface area (Å²) in [5, 5.41) is 3.08. The van der Waals surface area contributed by atoms with Crippen LogP contribution >= 0.6 is 0 Å². The molecule has 3 nitrogen and oxygen atoms in total. The zero-order valence-corrected chi connectivity index (χ0v) is 11.1. The van der Waals surface area contributed by atoms with Crippen LogP contribution in [0.2, 0.25) is 0 Å². The van der Waals surface area contributed by atoms with E-state index < -0.39 is 0 Å². The van der Waals surface area contributed by atoms with E-state index in [9.17, 15) is 4.79 Å². The lowest BCUT2D eigenvalue weighted by molar-refractivity contribution is -0.123. The molecule has 1 aromatic carbocycles. The summed E-state index contributed by atoms with van der Waals surface area (Å²) < 4.78 is 0. The quantitative estimate of drug-likeness (QED) is 0.832. The lowest BCUT2D eigenvalue weighted by atomic mass is 9.77. The van der Waals surface area contributed by atoms with Gasteiger partial charge in [-0.1, -0.05) is 38.1 Å². The number of hydrogen-bond donors (Lipinski definition) is 2. The van der Waals surface area contributed by atoms with Crippen LogP contribution in [-0.2, 0) is 11.2 Å². The first kappa shape index (κ1) is 13.1. The van der Waals surface area contributed by atoms with Crippen molar-refractivity contribution in [1.29, 1.82) is 0 Å². The van der Waals surface area contributed by atoms with E-state index in [1.165, 1.54) is 11.1 Å². The first-order valence-corrected chi connectivity index (χ1v) is 6.70. The molecule has 3 heteroatoms. The number of fused-ring (bicyclic) bond motifs is 1. The van der Waals surface area contributed by atoms with Gasteiger partial charge in [0, 0.05) is 12.6 Å². The van der Waals surface area contributed by atoms with Crippen molar-refractivity contribution in [2.24, 2.45) is 11.7 Å². The predicted octanol–water partition coefficient (Wildman–Crippen LogP) is 1.82. The lowest BCUT2D eigenvalue weighted by Crippen LogP contribution is -2.45. The highest BCUT2D eigenvalue weighted by atomic mass is 16.2. The third-order valence-corrected chi connectivity index (χ3v) is 3.56. The van der Waals surface area contributed by atoms with Crippen molar-refractivity contribution in [1.82, 2.24) is 5.32 Å². The van der Waals surface area contributed by atoms with Gasteiger partial charge in [0.1, 0.15) is 0 Å². The van der Waals surface area contributed by atoms with Crippen LogP contribution in [-0.4, -0.2) is 18.5 Å². The van der Waals surface area contributed by atoms with Crippen LogP contribution in [0.4, 0.5) is 0 Å². The van der Waals surface area contributed by atoms with Gasteiger partial charge in [0.25, 0.3) is 0 Å². The summed E-state index contributed by atoms with van der Waals surface area (Å²) in [6.07, 6.45) is 1.80. The van der Waals surface area contributed by atoms with Crippen LogP contribution in [0, 0.1) is 5.92 Å². The molecule has 98 valence electrons. The zero-order chi connectivity index (χ0) is 13.1. The van der Waals surface area contributed by atoms with Gasteiger partial charge in [-0.15, -0.1) is 0 Å². The average molecular weight is 246 g/mol.